The number of allylic oxidation sites excluding steroid dienone is 4. The van der Waals surface area contributed by atoms with Crippen molar-refractivity contribution in [1.82, 2.24) is 0 Å². The zero-order chi connectivity index (χ0) is 11.8. The third kappa shape index (κ3) is 3.73. The van der Waals surface area contributed by atoms with Gasteiger partial charge in [0.2, 0.25) is 0 Å². The quantitative estimate of drug-likeness (QED) is 0.606. The summed E-state index contributed by atoms with van der Waals surface area (Å²) in [6.45, 7) is 2.08. The molecule has 1 rings (SSSR count). The average molecular weight is 216 g/mol. The molecule has 2 heteroatoms. The number of aldehydes is 1. The third-order valence-electron chi connectivity index (χ3n) is 2.19. The van der Waals surface area contributed by atoms with Gasteiger partial charge < -0.3 is 5.11 Å². The Balaban J connectivity index is 2.61. The number of phenolic OH excluding ortho intramolecular Hbond substituents is 1. The van der Waals surface area contributed by atoms with Gasteiger partial charge in [-0.2, -0.15) is 0 Å². The van der Waals surface area contributed by atoms with E-state index in [0.717, 1.165) is 18.4 Å². The van der Waals surface area contributed by atoms with Crippen molar-refractivity contribution in [1.29, 1.82) is 0 Å². The lowest BCUT2D eigenvalue weighted by atomic mass is 10.1. The lowest BCUT2D eigenvalue weighted by Crippen LogP contribution is -1.85. The molecular formula is C14H16O2. The van der Waals surface area contributed by atoms with E-state index in [4.69, 9.17) is 0 Å². The van der Waals surface area contributed by atoms with Gasteiger partial charge in [0.15, 0.2) is 6.29 Å². The van der Waals surface area contributed by atoms with Crippen LogP contribution in [0.1, 0.15) is 29.3 Å². The minimum absolute atomic E-state index is 0.0463. The Kier molecular flexibility index (Phi) is 5.06. The third-order valence-corrected chi connectivity index (χ3v) is 2.19. The normalized spacial score (nSPS) is 11.3. The fourth-order valence-electron chi connectivity index (χ4n) is 1.31. The van der Waals surface area contributed by atoms with Gasteiger partial charge in [-0.15, -0.1) is 0 Å². The SMILES string of the molecule is CCC=CC=CCc1ccc(C=O)c(O)c1. The van der Waals surface area contributed by atoms with E-state index in [0.29, 0.717) is 11.8 Å². The predicted molar refractivity (Wildman–Crippen MR) is 65.8 cm³/mol. The van der Waals surface area contributed by atoms with Crippen molar-refractivity contribution in [3.05, 3.63) is 53.6 Å². The molecule has 0 saturated heterocycles. The van der Waals surface area contributed by atoms with E-state index in [2.05, 4.69) is 13.0 Å². The fraction of sp³-hybridized carbons (Fsp3) is 0.214. The van der Waals surface area contributed by atoms with E-state index in [-0.39, 0.29) is 5.75 Å². The number of hydrogen-bond acceptors (Lipinski definition) is 2. The summed E-state index contributed by atoms with van der Waals surface area (Å²) in [5.41, 5.74) is 1.32. The molecule has 0 aliphatic rings. The molecular weight excluding hydrogens is 200 g/mol. The van der Waals surface area contributed by atoms with E-state index in [9.17, 15) is 9.90 Å². The monoisotopic (exact) mass is 216 g/mol. The molecule has 1 N–H and O–H groups in total. The van der Waals surface area contributed by atoms with Crippen molar-refractivity contribution in [3.63, 3.8) is 0 Å². The standard InChI is InChI=1S/C14H16O2/c1-2-3-4-5-6-7-12-8-9-13(11-15)14(16)10-12/h3-6,8-11,16H,2,7H2,1H3. The molecule has 0 saturated carbocycles. The van der Waals surface area contributed by atoms with Gasteiger partial charge in [-0.1, -0.05) is 37.3 Å². The average Bonchev–Trinajstić information content (AvgIpc) is 2.29. The van der Waals surface area contributed by atoms with Gasteiger partial charge in [0.1, 0.15) is 5.75 Å². The van der Waals surface area contributed by atoms with Crippen molar-refractivity contribution < 1.29 is 9.90 Å². The van der Waals surface area contributed by atoms with Crippen LogP contribution in [0.3, 0.4) is 0 Å². The maximum absolute atomic E-state index is 10.5. The van der Waals surface area contributed by atoms with Gasteiger partial charge in [0, 0.05) is 0 Å². The van der Waals surface area contributed by atoms with E-state index >= 15 is 0 Å². The molecule has 0 heterocycles. The maximum Gasteiger partial charge on any atom is 0.153 e. The molecule has 0 unspecified atom stereocenters. The highest BCUT2D eigenvalue weighted by Gasteiger charge is 1.99. The van der Waals surface area contributed by atoms with Crippen molar-refractivity contribution in [3.8, 4) is 5.75 Å². The zero-order valence-corrected chi connectivity index (χ0v) is 9.39. The van der Waals surface area contributed by atoms with Crippen LogP contribution in [0.5, 0.6) is 5.75 Å². The van der Waals surface area contributed by atoms with Crippen LogP contribution in [-0.2, 0) is 6.42 Å². The van der Waals surface area contributed by atoms with Crippen LogP contribution in [0.15, 0.2) is 42.5 Å². The first kappa shape index (κ1) is 12.2. The van der Waals surface area contributed by atoms with Crippen LogP contribution in [0.25, 0.3) is 0 Å². The molecule has 0 bridgehead atoms. The largest absolute Gasteiger partial charge is 0.507 e. The molecule has 1 aromatic carbocycles. The summed E-state index contributed by atoms with van der Waals surface area (Å²) in [6, 6.07) is 5.10. The molecule has 0 radical (unpaired) electrons. The minimum atomic E-state index is 0.0463. The second-order valence-electron chi connectivity index (χ2n) is 3.48. The summed E-state index contributed by atoms with van der Waals surface area (Å²) in [7, 11) is 0. The van der Waals surface area contributed by atoms with Gasteiger partial charge >= 0.3 is 0 Å². The highest BCUT2D eigenvalue weighted by atomic mass is 16.3. The number of hydrogen-bond donors (Lipinski definition) is 1. The summed E-state index contributed by atoms with van der Waals surface area (Å²) in [5.74, 6) is 0.0463. The first-order valence-electron chi connectivity index (χ1n) is 5.36. The molecule has 1 aromatic rings. The second-order valence-corrected chi connectivity index (χ2v) is 3.48. The highest BCUT2D eigenvalue weighted by molar-refractivity contribution is 5.79. The van der Waals surface area contributed by atoms with Crippen molar-refractivity contribution in [2.45, 2.75) is 19.8 Å². The van der Waals surface area contributed by atoms with Crippen LogP contribution >= 0.6 is 0 Å². The first-order chi connectivity index (χ1) is 7.77. The first-order valence-corrected chi connectivity index (χ1v) is 5.36. The topological polar surface area (TPSA) is 37.3 Å². The number of rotatable bonds is 5. The molecule has 0 aliphatic carbocycles. The molecule has 84 valence electrons. The van der Waals surface area contributed by atoms with Crippen molar-refractivity contribution >= 4 is 6.29 Å². The van der Waals surface area contributed by atoms with Gasteiger partial charge in [-0.05, 0) is 30.5 Å². The molecule has 16 heavy (non-hydrogen) atoms. The molecule has 0 amide bonds. The van der Waals surface area contributed by atoms with Crippen LogP contribution < -0.4 is 0 Å². The van der Waals surface area contributed by atoms with E-state index in [1.165, 1.54) is 0 Å². The van der Waals surface area contributed by atoms with Crippen LogP contribution in [0.4, 0.5) is 0 Å². The highest BCUT2D eigenvalue weighted by Crippen LogP contribution is 2.17. The summed E-state index contributed by atoms with van der Waals surface area (Å²) < 4.78 is 0. The molecule has 0 spiro atoms. The molecule has 2 nitrogen and oxygen atoms in total. The molecule has 0 aliphatic heterocycles. The number of benzene rings is 1. The Morgan fingerprint density at radius 3 is 2.62 bits per heavy atom. The molecule has 0 fully saturated rings. The Morgan fingerprint density at radius 2 is 2.00 bits per heavy atom. The number of carbonyl (C=O) groups excluding carboxylic acids is 1. The molecule has 0 atom stereocenters. The summed E-state index contributed by atoms with van der Waals surface area (Å²) in [6.07, 6.45) is 10.5. The molecule has 0 aromatic heterocycles. The summed E-state index contributed by atoms with van der Waals surface area (Å²) in [5, 5.41) is 9.46. The van der Waals surface area contributed by atoms with Crippen LogP contribution in [0, 0.1) is 0 Å². The van der Waals surface area contributed by atoms with Gasteiger partial charge in [-0.25, -0.2) is 0 Å². The Hall–Kier alpha value is -1.83. The van der Waals surface area contributed by atoms with Crippen molar-refractivity contribution in [2.24, 2.45) is 0 Å². The lowest BCUT2D eigenvalue weighted by molar-refractivity contribution is 0.112. The van der Waals surface area contributed by atoms with E-state index in [1.807, 2.05) is 24.3 Å². The van der Waals surface area contributed by atoms with Gasteiger partial charge in [0.25, 0.3) is 0 Å². The maximum atomic E-state index is 10.5. The predicted octanol–water partition coefficient (Wildman–Crippen LogP) is 3.27. The lowest BCUT2D eigenvalue weighted by Gasteiger charge is -2.00. The fourth-order valence-corrected chi connectivity index (χ4v) is 1.31. The number of phenols is 1. The van der Waals surface area contributed by atoms with Crippen LogP contribution in [-0.4, -0.2) is 11.4 Å². The Labute approximate surface area is 95.9 Å². The summed E-state index contributed by atoms with van der Waals surface area (Å²) >= 11 is 0. The van der Waals surface area contributed by atoms with E-state index < -0.39 is 0 Å². The van der Waals surface area contributed by atoms with E-state index in [1.54, 1.807) is 12.1 Å². The minimum Gasteiger partial charge on any atom is -0.507 e. The summed E-state index contributed by atoms with van der Waals surface area (Å²) in [4.78, 5) is 10.5. The zero-order valence-electron chi connectivity index (χ0n) is 9.39. The second kappa shape index (κ2) is 6.62. The smallest absolute Gasteiger partial charge is 0.153 e. The Morgan fingerprint density at radius 1 is 1.25 bits per heavy atom. The number of aromatic hydroxyl groups is 1. The number of carbonyl (C=O) groups is 1. The van der Waals surface area contributed by atoms with Crippen LogP contribution in [0.2, 0.25) is 0 Å². The van der Waals surface area contributed by atoms with Crippen molar-refractivity contribution in [2.75, 3.05) is 0 Å². The van der Waals surface area contributed by atoms with Gasteiger partial charge in [-0.3, -0.25) is 4.79 Å². The Bertz CT molecular complexity index is 403. The van der Waals surface area contributed by atoms with Gasteiger partial charge in [0.05, 0.1) is 5.56 Å².